The summed E-state index contributed by atoms with van der Waals surface area (Å²) in [7, 11) is 1.66. The van der Waals surface area contributed by atoms with E-state index in [0.717, 1.165) is 40.7 Å². The summed E-state index contributed by atoms with van der Waals surface area (Å²) in [6, 6.07) is 5.93. The van der Waals surface area contributed by atoms with E-state index in [1.807, 2.05) is 31.2 Å². The number of amides is 1. The molecule has 1 saturated heterocycles. The zero-order chi connectivity index (χ0) is 17.1. The molecule has 1 aromatic rings. The topological polar surface area (TPSA) is 29.5 Å². The molecule has 1 heterocycles. The lowest BCUT2D eigenvalue weighted by atomic mass is 10.0. The highest BCUT2D eigenvalue weighted by Gasteiger charge is 2.32. The Morgan fingerprint density at radius 3 is 2.79 bits per heavy atom. The average Bonchev–Trinajstić information content (AvgIpc) is 3.15. The van der Waals surface area contributed by atoms with Gasteiger partial charge in [0, 0.05) is 6.54 Å². The summed E-state index contributed by atoms with van der Waals surface area (Å²) >= 11 is 6.84. The smallest absolute Gasteiger partial charge is 0.266 e. The third-order valence-electron chi connectivity index (χ3n) is 4.83. The molecule has 0 bridgehead atoms. The zero-order valence-corrected chi connectivity index (χ0v) is 15.8. The molecule has 0 radical (unpaired) electrons. The maximum Gasteiger partial charge on any atom is 0.266 e. The highest BCUT2D eigenvalue weighted by molar-refractivity contribution is 8.26. The molecule has 1 aliphatic carbocycles. The second-order valence-corrected chi connectivity index (χ2v) is 8.18. The molecule has 5 heteroatoms. The number of nitrogens with zero attached hydrogens (tertiary/aromatic N) is 1. The van der Waals surface area contributed by atoms with E-state index in [1.165, 1.54) is 37.4 Å². The van der Waals surface area contributed by atoms with Crippen LogP contribution in [-0.2, 0) is 4.79 Å². The molecule has 0 atom stereocenters. The summed E-state index contributed by atoms with van der Waals surface area (Å²) in [5.41, 5.74) is 2.06. The number of thiocarbonyl (C=S) groups is 1. The Morgan fingerprint density at radius 2 is 2.12 bits per heavy atom. The van der Waals surface area contributed by atoms with Crippen LogP contribution in [0, 0.1) is 12.8 Å². The minimum atomic E-state index is 0.0523. The molecule has 0 aromatic heterocycles. The van der Waals surface area contributed by atoms with Crippen molar-refractivity contribution in [3.05, 3.63) is 34.2 Å². The fourth-order valence-corrected chi connectivity index (χ4v) is 4.75. The molecule has 2 fully saturated rings. The Labute approximate surface area is 153 Å². The van der Waals surface area contributed by atoms with Crippen LogP contribution in [0.25, 0.3) is 6.08 Å². The van der Waals surface area contributed by atoms with Gasteiger partial charge in [-0.2, -0.15) is 0 Å². The third kappa shape index (κ3) is 3.83. The van der Waals surface area contributed by atoms with Gasteiger partial charge in [0.15, 0.2) is 0 Å². The van der Waals surface area contributed by atoms with Gasteiger partial charge in [-0.1, -0.05) is 55.7 Å². The van der Waals surface area contributed by atoms with Gasteiger partial charge in [0.25, 0.3) is 5.91 Å². The molecule has 1 aliphatic heterocycles. The number of methoxy groups -OCH3 is 1. The molecular weight excluding hydrogens is 338 g/mol. The van der Waals surface area contributed by atoms with Crippen LogP contribution in [0.15, 0.2) is 23.1 Å². The minimum Gasteiger partial charge on any atom is -0.496 e. The van der Waals surface area contributed by atoms with E-state index in [0.29, 0.717) is 4.32 Å². The minimum absolute atomic E-state index is 0.0523. The highest BCUT2D eigenvalue weighted by atomic mass is 32.2. The number of aryl methyl sites for hydroxylation is 1. The molecule has 2 aliphatic rings. The number of hydrogen-bond donors (Lipinski definition) is 0. The van der Waals surface area contributed by atoms with Gasteiger partial charge < -0.3 is 4.74 Å². The Bertz CT molecular complexity index is 678. The van der Waals surface area contributed by atoms with Crippen molar-refractivity contribution in [2.24, 2.45) is 5.92 Å². The Hall–Kier alpha value is -1.33. The highest BCUT2D eigenvalue weighted by Crippen LogP contribution is 2.35. The maximum absolute atomic E-state index is 12.7. The summed E-state index contributed by atoms with van der Waals surface area (Å²) in [6.07, 6.45) is 8.27. The molecule has 3 nitrogen and oxygen atoms in total. The van der Waals surface area contributed by atoms with Crippen LogP contribution in [-0.4, -0.2) is 28.8 Å². The van der Waals surface area contributed by atoms with Gasteiger partial charge in [-0.25, -0.2) is 0 Å². The van der Waals surface area contributed by atoms with E-state index in [2.05, 4.69) is 0 Å². The summed E-state index contributed by atoms with van der Waals surface area (Å²) < 4.78 is 5.97. The number of carbonyl (C=O) groups is 1. The van der Waals surface area contributed by atoms with Crippen LogP contribution < -0.4 is 4.74 Å². The van der Waals surface area contributed by atoms with Crippen molar-refractivity contribution in [3.63, 3.8) is 0 Å². The van der Waals surface area contributed by atoms with Crippen LogP contribution in [0.5, 0.6) is 5.75 Å². The lowest BCUT2D eigenvalue weighted by Crippen LogP contribution is -2.30. The van der Waals surface area contributed by atoms with Crippen LogP contribution in [0.3, 0.4) is 0 Å². The molecule has 1 aromatic carbocycles. The number of ether oxygens (including phenoxy) is 1. The third-order valence-corrected chi connectivity index (χ3v) is 6.20. The van der Waals surface area contributed by atoms with Crippen molar-refractivity contribution >= 4 is 40.3 Å². The van der Waals surface area contributed by atoms with Gasteiger partial charge in [0.2, 0.25) is 0 Å². The second-order valence-electron chi connectivity index (χ2n) is 6.50. The second kappa shape index (κ2) is 7.70. The normalized spacial score (nSPS) is 20.4. The van der Waals surface area contributed by atoms with Gasteiger partial charge in [-0.05, 0) is 48.6 Å². The summed E-state index contributed by atoms with van der Waals surface area (Å²) in [5, 5.41) is 0. The standard InChI is InChI=1S/C19H23NO2S2/c1-13-11-15(7-8-16(13)22-2)12-17-18(21)20(19(23)24-17)10-9-14-5-3-4-6-14/h7-8,11-12,14H,3-6,9-10H2,1-2H3/b17-12+. The van der Waals surface area contributed by atoms with E-state index in [9.17, 15) is 4.79 Å². The van der Waals surface area contributed by atoms with Gasteiger partial charge in [0.1, 0.15) is 10.1 Å². The Morgan fingerprint density at radius 1 is 1.38 bits per heavy atom. The van der Waals surface area contributed by atoms with Crippen molar-refractivity contribution in [1.82, 2.24) is 4.90 Å². The summed E-state index contributed by atoms with van der Waals surface area (Å²) in [5.74, 6) is 1.68. The largest absolute Gasteiger partial charge is 0.496 e. The predicted octanol–water partition coefficient (Wildman–Crippen LogP) is 4.79. The first-order valence-electron chi connectivity index (χ1n) is 8.48. The molecule has 3 rings (SSSR count). The SMILES string of the molecule is COc1ccc(/C=C2/SC(=S)N(CCC3CCCC3)C2=O)cc1C. The average molecular weight is 362 g/mol. The molecule has 0 spiro atoms. The number of hydrogen-bond acceptors (Lipinski definition) is 4. The van der Waals surface area contributed by atoms with Crippen LogP contribution in [0.2, 0.25) is 0 Å². The number of rotatable bonds is 5. The van der Waals surface area contributed by atoms with Gasteiger partial charge >= 0.3 is 0 Å². The molecular formula is C19H23NO2S2. The van der Waals surface area contributed by atoms with Crippen molar-refractivity contribution in [1.29, 1.82) is 0 Å². The Kier molecular flexibility index (Phi) is 5.61. The Balaban J connectivity index is 1.69. The summed E-state index contributed by atoms with van der Waals surface area (Å²) in [4.78, 5) is 15.2. The van der Waals surface area contributed by atoms with Crippen molar-refractivity contribution < 1.29 is 9.53 Å². The number of thioether (sulfide) groups is 1. The molecule has 1 amide bonds. The summed E-state index contributed by atoms with van der Waals surface area (Å²) in [6.45, 7) is 2.76. The van der Waals surface area contributed by atoms with Gasteiger partial charge in [-0.15, -0.1) is 0 Å². The predicted molar refractivity (Wildman–Crippen MR) is 104 cm³/mol. The van der Waals surface area contributed by atoms with Gasteiger partial charge in [-0.3, -0.25) is 9.69 Å². The van der Waals surface area contributed by atoms with Crippen molar-refractivity contribution in [3.8, 4) is 5.75 Å². The fourth-order valence-electron chi connectivity index (χ4n) is 3.45. The molecule has 128 valence electrons. The number of benzene rings is 1. The van der Waals surface area contributed by atoms with E-state index in [4.69, 9.17) is 17.0 Å². The van der Waals surface area contributed by atoms with Crippen molar-refractivity contribution in [2.45, 2.75) is 39.0 Å². The lowest BCUT2D eigenvalue weighted by molar-refractivity contribution is -0.122. The molecule has 0 unspecified atom stereocenters. The fraction of sp³-hybridized carbons (Fsp3) is 0.474. The van der Waals surface area contributed by atoms with E-state index in [-0.39, 0.29) is 5.91 Å². The van der Waals surface area contributed by atoms with Crippen molar-refractivity contribution in [2.75, 3.05) is 13.7 Å². The molecule has 1 saturated carbocycles. The molecule has 0 N–H and O–H groups in total. The van der Waals surface area contributed by atoms with Crippen LogP contribution in [0.4, 0.5) is 0 Å². The van der Waals surface area contributed by atoms with Crippen LogP contribution in [0.1, 0.15) is 43.2 Å². The van der Waals surface area contributed by atoms with E-state index < -0.39 is 0 Å². The van der Waals surface area contributed by atoms with Crippen LogP contribution >= 0.6 is 24.0 Å². The zero-order valence-electron chi connectivity index (χ0n) is 14.2. The first-order chi connectivity index (χ1) is 11.6. The van der Waals surface area contributed by atoms with E-state index >= 15 is 0 Å². The van der Waals surface area contributed by atoms with Gasteiger partial charge in [0.05, 0.1) is 12.0 Å². The first-order valence-corrected chi connectivity index (χ1v) is 9.71. The first kappa shape index (κ1) is 17.5. The number of carbonyl (C=O) groups excluding carboxylic acids is 1. The quantitative estimate of drug-likeness (QED) is 0.557. The maximum atomic E-state index is 12.7. The van der Waals surface area contributed by atoms with E-state index in [1.54, 1.807) is 12.0 Å². The lowest BCUT2D eigenvalue weighted by Gasteiger charge is -2.17. The monoisotopic (exact) mass is 361 g/mol. The molecule has 24 heavy (non-hydrogen) atoms.